The number of morpholine rings is 1. The summed E-state index contributed by atoms with van der Waals surface area (Å²) in [6.45, 7) is 12.2. The van der Waals surface area contributed by atoms with Crippen LogP contribution in [0.2, 0.25) is 0 Å². The van der Waals surface area contributed by atoms with Gasteiger partial charge in [-0.15, -0.1) is 11.3 Å². The molecule has 0 radical (unpaired) electrons. The number of nitrogens with zero attached hydrogens (tertiary/aromatic N) is 5. The maximum absolute atomic E-state index is 5.81. The summed E-state index contributed by atoms with van der Waals surface area (Å²) >= 11 is 1.68. The number of pyridine rings is 1. The molecule has 1 fully saturated rings. The summed E-state index contributed by atoms with van der Waals surface area (Å²) in [7, 11) is 2.04. The minimum atomic E-state index is 0.226. The first-order valence-corrected chi connectivity index (χ1v) is 11.1. The highest BCUT2D eigenvalue weighted by molar-refractivity contribution is 7.09. The molecule has 1 aliphatic rings. The van der Waals surface area contributed by atoms with Crippen molar-refractivity contribution in [2.24, 2.45) is 4.99 Å². The van der Waals surface area contributed by atoms with Crippen LogP contribution >= 0.6 is 11.3 Å². The molecule has 0 spiro atoms. The minimum Gasteiger partial charge on any atom is -0.372 e. The first-order valence-electron chi connectivity index (χ1n) is 10.2. The number of ether oxygens (including phenoxy) is 1. The van der Waals surface area contributed by atoms with Gasteiger partial charge in [-0.25, -0.2) is 15.0 Å². The summed E-state index contributed by atoms with van der Waals surface area (Å²) < 4.78 is 5.81. The number of guanidine groups is 1. The van der Waals surface area contributed by atoms with Crippen molar-refractivity contribution in [3.8, 4) is 0 Å². The van der Waals surface area contributed by atoms with Gasteiger partial charge in [-0.3, -0.25) is 0 Å². The number of aromatic nitrogens is 2. The van der Waals surface area contributed by atoms with Crippen molar-refractivity contribution in [1.82, 2.24) is 20.2 Å². The van der Waals surface area contributed by atoms with Gasteiger partial charge in [0.05, 0.1) is 36.0 Å². The Morgan fingerprint density at radius 3 is 2.69 bits per heavy atom. The summed E-state index contributed by atoms with van der Waals surface area (Å²) in [4.78, 5) is 18.4. The number of thiazole rings is 1. The molecule has 0 amide bonds. The van der Waals surface area contributed by atoms with E-state index >= 15 is 0 Å². The molecule has 1 aliphatic heterocycles. The first-order chi connectivity index (χ1) is 13.9. The maximum atomic E-state index is 5.81. The van der Waals surface area contributed by atoms with Gasteiger partial charge in [0.1, 0.15) is 5.82 Å². The predicted molar refractivity (Wildman–Crippen MR) is 120 cm³/mol. The lowest BCUT2D eigenvalue weighted by atomic mass is 10.2. The fourth-order valence-electron chi connectivity index (χ4n) is 3.50. The predicted octanol–water partition coefficient (Wildman–Crippen LogP) is 3.06. The number of anilines is 1. The van der Waals surface area contributed by atoms with Gasteiger partial charge >= 0.3 is 0 Å². The third-order valence-electron chi connectivity index (χ3n) is 4.73. The quantitative estimate of drug-likeness (QED) is 0.577. The van der Waals surface area contributed by atoms with Gasteiger partial charge in [-0.1, -0.05) is 6.07 Å². The van der Waals surface area contributed by atoms with Crippen molar-refractivity contribution in [1.29, 1.82) is 0 Å². The Morgan fingerprint density at radius 2 is 2.10 bits per heavy atom. The highest BCUT2D eigenvalue weighted by atomic mass is 32.1. The Morgan fingerprint density at radius 1 is 1.34 bits per heavy atom. The molecule has 158 valence electrons. The third kappa shape index (κ3) is 6.14. The lowest BCUT2D eigenvalue weighted by molar-refractivity contribution is -0.00545. The molecule has 2 unspecified atom stereocenters. The molecule has 0 aliphatic carbocycles. The minimum absolute atomic E-state index is 0.226. The van der Waals surface area contributed by atoms with Crippen LogP contribution in [0.1, 0.15) is 37.0 Å². The molecule has 0 saturated carbocycles. The third-order valence-corrected chi connectivity index (χ3v) is 5.55. The monoisotopic (exact) mass is 416 g/mol. The van der Waals surface area contributed by atoms with Gasteiger partial charge in [-0.2, -0.15) is 0 Å². The second-order valence-electron chi connectivity index (χ2n) is 7.57. The summed E-state index contributed by atoms with van der Waals surface area (Å²) in [5.74, 6) is 1.88. The lowest BCUT2D eigenvalue weighted by Crippen LogP contribution is -2.45. The van der Waals surface area contributed by atoms with Crippen molar-refractivity contribution >= 4 is 23.1 Å². The van der Waals surface area contributed by atoms with Crippen LogP contribution in [0.4, 0.5) is 5.82 Å². The molecule has 2 aromatic rings. The van der Waals surface area contributed by atoms with Crippen molar-refractivity contribution < 1.29 is 4.74 Å². The molecule has 29 heavy (non-hydrogen) atoms. The topological polar surface area (TPSA) is 65.9 Å². The van der Waals surface area contributed by atoms with E-state index in [9.17, 15) is 0 Å². The Kier molecular flexibility index (Phi) is 7.44. The highest BCUT2D eigenvalue weighted by Gasteiger charge is 2.22. The van der Waals surface area contributed by atoms with E-state index < -0.39 is 0 Å². The van der Waals surface area contributed by atoms with Crippen LogP contribution in [0.5, 0.6) is 0 Å². The van der Waals surface area contributed by atoms with Crippen molar-refractivity contribution in [2.75, 3.05) is 31.6 Å². The SMILES string of the molecule is CCNC(=NCc1ccc(N2CC(C)OC(C)C2)nc1)N(C)Cc1csc(C)n1. The van der Waals surface area contributed by atoms with Crippen LogP contribution in [-0.4, -0.2) is 59.7 Å². The molecule has 3 heterocycles. The van der Waals surface area contributed by atoms with Gasteiger partial charge in [0.2, 0.25) is 0 Å². The normalized spacial score (nSPS) is 20.0. The molecule has 8 heteroatoms. The first kappa shape index (κ1) is 21.5. The average Bonchev–Trinajstić information content (AvgIpc) is 3.09. The smallest absolute Gasteiger partial charge is 0.194 e. The van der Waals surface area contributed by atoms with Crippen molar-refractivity contribution in [2.45, 2.75) is 53.0 Å². The van der Waals surface area contributed by atoms with Crippen LogP contribution in [0, 0.1) is 6.92 Å². The number of rotatable bonds is 6. The fourth-order valence-corrected chi connectivity index (χ4v) is 4.10. The van der Waals surface area contributed by atoms with E-state index in [2.05, 4.69) is 63.4 Å². The Balaban J connectivity index is 1.62. The van der Waals surface area contributed by atoms with Gasteiger partial charge in [-0.05, 0) is 39.3 Å². The zero-order chi connectivity index (χ0) is 20.8. The van der Waals surface area contributed by atoms with Crippen LogP contribution in [0.25, 0.3) is 0 Å². The highest BCUT2D eigenvalue weighted by Crippen LogP contribution is 2.18. The number of nitrogens with one attached hydrogen (secondary N) is 1. The second-order valence-corrected chi connectivity index (χ2v) is 8.63. The number of hydrogen-bond donors (Lipinski definition) is 1. The van der Waals surface area contributed by atoms with Crippen LogP contribution in [0.3, 0.4) is 0 Å². The van der Waals surface area contributed by atoms with E-state index in [0.29, 0.717) is 6.54 Å². The number of hydrogen-bond acceptors (Lipinski definition) is 6. The Labute approximate surface area is 177 Å². The molecule has 0 aromatic carbocycles. The molecule has 1 saturated heterocycles. The lowest BCUT2D eigenvalue weighted by Gasteiger charge is -2.36. The van der Waals surface area contributed by atoms with E-state index in [1.54, 1.807) is 11.3 Å². The molecule has 1 N–H and O–H groups in total. The summed E-state index contributed by atoms with van der Waals surface area (Å²) in [6, 6.07) is 4.20. The van der Waals surface area contributed by atoms with Crippen LogP contribution < -0.4 is 10.2 Å². The van der Waals surface area contributed by atoms with E-state index in [-0.39, 0.29) is 12.2 Å². The number of aryl methyl sites for hydroxylation is 1. The molecule has 2 aromatic heterocycles. The summed E-state index contributed by atoms with van der Waals surface area (Å²) in [5, 5.41) is 6.55. The standard InChI is InChI=1S/C21H32N6OS/c1-6-22-21(26(5)13-19-14-29-17(4)25-19)24-10-18-7-8-20(23-9-18)27-11-15(2)28-16(3)12-27/h7-9,14-16H,6,10-13H2,1-5H3,(H,22,24). The zero-order valence-electron chi connectivity index (χ0n) is 18.1. The maximum Gasteiger partial charge on any atom is 0.194 e. The van der Waals surface area contributed by atoms with Gasteiger partial charge in [0.25, 0.3) is 0 Å². The van der Waals surface area contributed by atoms with Crippen LogP contribution in [-0.2, 0) is 17.8 Å². The zero-order valence-corrected chi connectivity index (χ0v) is 18.9. The van der Waals surface area contributed by atoms with Gasteiger partial charge < -0.3 is 19.9 Å². The van der Waals surface area contributed by atoms with E-state index in [1.165, 1.54) is 0 Å². The molecular formula is C21H32N6OS. The fraction of sp³-hybridized carbons (Fsp3) is 0.571. The van der Waals surface area contributed by atoms with Crippen LogP contribution in [0.15, 0.2) is 28.7 Å². The molecule has 3 rings (SSSR count). The molecule has 0 bridgehead atoms. The van der Waals surface area contributed by atoms with Crippen molar-refractivity contribution in [3.05, 3.63) is 40.0 Å². The van der Waals surface area contributed by atoms with E-state index in [4.69, 9.17) is 9.73 Å². The largest absolute Gasteiger partial charge is 0.372 e. The number of aliphatic imine (C=N–C) groups is 1. The summed E-state index contributed by atoms with van der Waals surface area (Å²) in [5.41, 5.74) is 2.16. The summed E-state index contributed by atoms with van der Waals surface area (Å²) in [6.07, 6.45) is 2.38. The molecule has 2 atom stereocenters. The van der Waals surface area contributed by atoms with Crippen molar-refractivity contribution in [3.63, 3.8) is 0 Å². The average molecular weight is 417 g/mol. The molecular weight excluding hydrogens is 384 g/mol. The molecule has 7 nitrogen and oxygen atoms in total. The van der Waals surface area contributed by atoms with E-state index in [1.807, 2.05) is 20.2 Å². The van der Waals surface area contributed by atoms with Gasteiger partial charge in [0.15, 0.2) is 5.96 Å². The second kappa shape index (κ2) is 10.0. The van der Waals surface area contributed by atoms with Gasteiger partial charge in [0, 0.05) is 38.3 Å². The Bertz CT molecular complexity index is 796. The van der Waals surface area contributed by atoms with E-state index in [0.717, 1.165) is 54.2 Å². The Hall–Kier alpha value is -2.19.